The molecule has 0 amide bonds. The Hall–Kier alpha value is -4.03. The highest BCUT2D eigenvalue weighted by molar-refractivity contribution is 5.91. The van der Waals surface area contributed by atoms with Crippen LogP contribution in [0, 0.1) is 0 Å². The molecule has 0 aliphatic carbocycles. The number of azo groups is 1. The standard InChI is InChI=1S/C30H31N6.ClH/c1-5-35(6-2)27-13-10-14-28-30(27)31-26-20-17-23(21-29(26)36(28)25-11-8-7-9-12-25)33-32-22-15-18-24(19-16-22)34(3)4;/h7-21H,5-6H2,1-4H3;1H/q+1;/p-1. The van der Waals surface area contributed by atoms with Crippen LogP contribution < -0.4 is 26.8 Å². The third kappa shape index (κ3) is 5.25. The van der Waals surface area contributed by atoms with E-state index in [9.17, 15) is 0 Å². The molecule has 5 aromatic rings. The van der Waals surface area contributed by atoms with Crippen molar-refractivity contribution >= 4 is 44.8 Å². The minimum atomic E-state index is 0. The van der Waals surface area contributed by atoms with Gasteiger partial charge in [-0.2, -0.15) is 10.2 Å². The summed E-state index contributed by atoms with van der Waals surface area (Å²) in [5.74, 6) is 0. The van der Waals surface area contributed by atoms with Gasteiger partial charge in [-0.3, -0.25) is 0 Å². The molecule has 0 spiro atoms. The molecule has 1 heterocycles. The number of fused-ring (bicyclic) bond motifs is 2. The quantitative estimate of drug-likeness (QED) is 0.189. The predicted octanol–water partition coefficient (Wildman–Crippen LogP) is 4.00. The van der Waals surface area contributed by atoms with Crippen LogP contribution in [0.3, 0.4) is 0 Å². The van der Waals surface area contributed by atoms with E-state index in [0.29, 0.717) is 0 Å². The summed E-state index contributed by atoms with van der Waals surface area (Å²) in [6.45, 7) is 6.21. The number of halogens is 1. The lowest BCUT2D eigenvalue weighted by molar-refractivity contribution is -0.538. The lowest BCUT2D eigenvalue weighted by atomic mass is 10.1. The zero-order chi connectivity index (χ0) is 25.1. The molecule has 0 fully saturated rings. The molecule has 0 aliphatic rings. The van der Waals surface area contributed by atoms with Crippen molar-refractivity contribution in [3.8, 4) is 5.69 Å². The number of hydrogen-bond acceptors (Lipinski definition) is 5. The molecule has 0 saturated carbocycles. The van der Waals surface area contributed by atoms with Gasteiger partial charge in [-0.05, 0) is 56.3 Å². The third-order valence-corrected chi connectivity index (χ3v) is 6.43. The summed E-state index contributed by atoms with van der Waals surface area (Å²) in [6, 6.07) is 31.0. The normalized spacial score (nSPS) is 11.1. The van der Waals surface area contributed by atoms with Crippen molar-refractivity contribution in [1.29, 1.82) is 0 Å². The average molecular weight is 511 g/mol. The van der Waals surface area contributed by atoms with Crippen LogP contribution >= 0.6 is 0 Å². The first-order chi connectivity index (χ1) is 17.6. The summed E-state index contributed by atoms with van der Waals surface area (Å²) >= 11 is 0. The minimum absolute atomic E-state index is 0. The molecule has 0 atom stereocenters. The van der Waals surface area contributed by atoms with Crippen molar-refractivity contribution in [2.45, 2.75) is 13.8 Å². The summed E-state index contributed by atoms with van der Waals surface area (Å²) in [5, 5.41) is 9.03. The van der Waals surface area contributed by atoms with E-state index < -0.39 is 0 Å². The maximum Gasteiger partial charge on any atom is 0.239 e. The molecule has 0 saturated heterocycles. The van der Waals surface area contributed by atoms with Gasteiger partial charge in [-0.15, -0.1) is 4.57 Å². The van der Waals surface area contributed by atoms with Gasteiger partial charge in [0.2, 0.25) is 16.7 Å². The second-order valence-corrected chi connectivity index (χ2v) is 8.88. The monoisotopic (exact) mass is 510 g/mol. The van der Waals surface area contributed by atoms with Gasteiger partial charge in [-0.1, -0.05) is 24.3 Å². The highest BCUT2D eigenvalue weighted by Crippen LogP contribution is 2.29. The van der Waals surface area contributed by atoms with Gasteiger partial charge in [-0.25, -0.2) is 4.98 Å². The molecule has 37 heavy (non-hydrogen) atoms. The van der Waals surface area contributed by atoms with E-state index in [0.717, 1.165) is 63.6 Å². The molecule has 6 nitrogen and oxygen atoms in total. The van der Waals surface area contributed by atoms with Crippen molar-refractivity contribution < 1.29 is 17.0 Å². The van der Waals surface area contributed by atoms with Gasteiger partial charge in [0.25, 0.3) is 0 Å². The van der Waals surface area contributed by atoms with Crippen molar-refractivity contribution in [2.75, 3.05) is 37.0 Å². The van der Waals surface area contributed by atoms with Crippen LogP contribution in [0.1, 0.15) is 13.8 Å². The molecule has 0 unspecified atom stereocenters. The first-order valence-electron chi connectivity index (χ1n) is 12.4. The summed E-state index contributed by atoms with van der Waals surface area (Å²) in [4.78, 5) is 9.54. The Morgan fingerprint density at radius 3 is 2.08 bits per heavy atom. The van der Waals surface area contributed by atoms with E-state index >= 15 is 0 Å². The Balaban J connectivity index is 0.00000320. The second-order valence-electron chi connectivity index (χ2n) is 8.88. The molecule has 188 valence electrons. The first kappa shape index (κ1) is 26.0. The minimum Gasteiger partial charge on any atom is -1.00 e. The molecule has 5 rings (SSSR count). The summed E-state index contributed by atoms with van der Waals surface area (Å²) in [6.07, 6.45) is 0. The van der Waals surface area contributed by atoms with Crippen molar-refractivity contribution in [3.05, 3.63) is 91.0 Å². The van der Waals surface area contributed by atoms with Gasteiger partial charge in [0.05, 0.1) is 17.1 Å². The summed E-state index contributed by atoms with van der Waals surface area (Å²) in [7, 11) is 4.05. The molecule has 1 aromatic heterocycles. The largest absolute Gasteiger partial charge is 1.00 e. The van der Waals surface area contributed by atoms with Gasteiger partial charge in [0.1, 0.15) is 5.52 Å². The smallest absolute Gasteiger partial charge is 0.239 e. The van der Waals surface area contributed by atoms with Gasteiger partial charge in [0, 0.05) is 57.1 Å². The Bertz CT molecular complexity index is 1530. The SMILES string of the molecule is CCN(CC)c1cccc2c1nc1ccc(N=Nc3ccc(N(C)C)cc3)cc1[n+]2-c1ccccc1.[Cl-]. The maximum absolute atomic E-state index is 5.13. The van der Waals surface area contributed by atoms with E-state index in [2.05, 4.69) is 87.0 Å². The van der Waals surface area contributed by atoms with Crippen LogP contribution in [0.4, 0.5) is 22.7 Å². The topological polar surface area (TPSA) is 48.0 Å². The van der Waals surface area contributed by atoms with Crippen LogP contribution in [0.5, 0.6) is 0 Å². The fraction of sp³-hybridized carbons (Fsp3) is 0.200. The molecule has 7 heteroatoms. The number of benzene rings is 4. The first-order valence-corrected chi connectivity index (χ1v) is 12.4. The number of anilines is 2. The Morgan fingerprint density at radius 1 is 0.730 bits per heavy atom. The second kappa shape index (κ2) is 11.4. The van der Waals surface area contributed by atoms with Crippen LogP contribution in [0.25, 0.3) is 27.8 Å². The van der Waals surface area contributed by atoms with E-state index in [1.165, 1.54) is 0 Å². The average Bonchev–Trinajstić information content (AvgIpc) is 2.92. The molecule has 0 aliphatic heterocycles. The molecular weight excluding hydrogens is 480 g/mol. The number of rotatable bonds is 7. The lowest BCUT2D eigenvalue weighted by Crippen LogP contribution is -3.00. The highest BCUT2D eigenvalue weighted by Gasteiger charge is 2.22. The molecule has 0 N–H and O–H groups in total. The number of hydrogen-bond donors (Lipinski definition) is 0. The van der Waals surface area contributed by atoms with E-state index in [1.54, 1.807) is 0 Å². The molecule has 0 radical (unpaired) electrons. The van der Waals surface area contributed by atoms with Crippen LogP contribution in [0.15, 0.2) is 101 Å². The fourth-order valence-corrected chi connectivity index (χ4v) is 4.52. The van der Waals surface area contributed by atoms with Crippen molar-refractivity contribution in [2.24, 2.45) is 10.2 Å². The van der Waals surface area contributed by atoms with E-state index in [-0.39, 0.29) is 12.4 Å². The maximum atomic E-state index is 5.13. The van der Waals surface area contributed by atoms with Gasteiger partial charge >= 0.3 is 0 Å². The van der Waals surface area contributed by atoms with E-state index in [4.69, 9.17) is 4.98 Å². The van der Waals surface area contributed by atoms with Crippen LogP contribution in [-0.2, 0) is 0 Å². The summed E-state index contributed by atoms with van der Waals surface area (Å²) in [5.41, 5.74) is 8.92. The number of aromatic nitrogens is 2. The Kier molecular flexibility index (Phi) is 7.99. The molecule has 0 bridgehead atoms. The lowest BCUT2D eigenvalue weighted by Gasteiger charge is -2.21. The Morgan fingerprint density at radius 2 is 1.41 bits per heavy atom. The molecular formula is C30H31ClN6. The third-order valence-electron chi connectivity index (χ3n) is 6.43. The fourth-order valence-electron chi connectivity index (χ4n) is 4.52. The van der Waals surface area contributed by atoms with Gasteiger partial charge in [0.15, 0.2) is 5.52 Å². The number of para-hydroxylation sites is 2. The van der Waals surface area contributed by atoms with Crippen molar-refractivity contribution in [1.82, 2.24) is 4.98 Å². The zero-order valence-electron chi connectivity index (χ0n) is 21.6. The van der Waals surface area contributed by atoms with Crippen LogP contribution in [0.2, 0.25) is 0 Å². The molecule has 4 aromatic carbocycles. The Labute approximate surface area is 224 Å². The van der Waals surface area contributed by atoms with Gasteiger partial charge < -0.3 is 22.2 Å². The predicted molar refractivity (Wildman–Crippen MR) is 149 cm³/mol. The number of nitrogens with zero attached hydrogens (tertiary/aromatic N) is 6. The zero-order valence-corrected chi connectivity index (χ0v) is 22.4. The highest BCUT2D eigenvalue weighted by atomic mass is 35.5. The van der Waals surface area contributed by atoms with E-state index in [1.807, 2.05) is 56.6 Å². The van der Waals surface area contributed by atoms with Crippen LogP contribution in [-0.4, -0.2) is 32.2 Å². The summed E-state index contributed by atoms with van der Waals surface area (Å²) < 4.78 is 2.27. The van der Waals surface area contributed by atoms with Crippen molar-refractivity contribution in [3.63, 3.8) is 0 Å².